The first-order valence-electron chi connectivity index (χ1n) is 9.23. The summed E-state index contributed by atoms with van der Waals surface area (Å²) in [7, 11) is 0. The van der Waals surface area contributed by atoms with Crippen LogP contribution in [0.5, 0.6) is 5.75 Å². The van der Waals surface area contributed by atoms with Gasteiger partial charge in [-0.15, -0.1) is 0 Å². The van der Waals surface area contributed by atoms with Gasteiger partial charge in [0.1, 0.15) is 16.9 Å². The number of nitrogens with one attached hydrogen (secondary N) is 1. The summed E-state index contributed by atoms with van der Waals surface area (Å²) in [5.74, 6) is 0.903. The highest BCUT2D eigenvalue weighted by Gasteiger charge is 2.24. The molecule has 0 saturated carbocycles. The average Bonchev–Trinajstić information content (AvgIpc) is 3.28. The number of hydrogen-bond acceptors (Lipinski definition) is 3. The second kappa shape index (κ2) is 5.99. The van der Waals surface area contributed by atoms with Crippen LogP contribution in [-0.2, 0) is 0 Å². The van der Waals surface area contributed by atoms with Crippen molar-refractivity contribution in [1.82, 2.24) is 4.98 Å². The Labute approximate surface area is 162 Å². The molecule has 0 saturated heterocycles. The lowest BCUT2D eigenvalue weighted by Crippen LogP contribution is -2.27. The van der Waals surface area contributed by atoms with Gasteiger partial charge in [-0.2, -0.15) is 0 Å². The maximum atomic E-state index is 12.6. The summed E-state index contributed by atoms with van der Waals surface area (Å²) in [6, 6.07) is 15.6. The normalized spacial score (nSPS) is 15.2. The van der Waals surface area contributed by atoms with E-state index in [0.717, 1.165) is 33.3 Å². The number of carbonyl (C=O) groups is 1. The Balaban J connectivity index is 1.46. The van der Waals surface area contributed by atoms with Crippen LogP contribution in [0.25, 0.3) is 34.0 Å². The third kappa shape index (κ3) is 2.83. The van der Waals surface area contributed by atoms with Gasteiger partial charge in [0.15, 0.2) is 5.76 Å². The molecule has 0 unspecified atom stereocenters. The first-order chi connectivity index (χ1) is 13.5. The van der Waals surface area contributed by atoms with Gasteiger partial charge in [0.25, 0.3) is 0 Å². The molecule has 0 bridgehead atoms. The number of ketones is 1. The topological polar surface area (TPSA) is 55.2 Å². The maximum absolute atomic E-state index is 12.6. The molecule has 138 valence electrons. The van der Waals surface area contributed by atoms with Crippen LogP contribution in [0.1, 0.15) is 35.7 Å². The molecule has 4 heteroatoms. The SMILES string of the molecule is CC1(C)C=Cc2c(ccc3cc(C(=O)/C=C/c4cc5ccccc5[nH]4)oc23)O1. The van der Waals surface area contributed by atoms with E-state index in [1.807, 2.05) is 68.5 Å². The van der Waals surface area contributed by atoms with Gasteiger partial charge in [-0.3, -0.25) is 4.79 Å². The van der Waals surface area contributed by atoms with E-state index in [1.165, 1.54) is 6.08 Å². The van der Waals surface area contributed by atoms with Crippen molar-refractivity contribution in [1.29, 1.82) is 0 Å². The van der Waals surface area contributed by atoms with Crippen LogP contribution in [0.15, 0.2) is 65.1 Å². The molecule has 28 heavy (non-hydrogen) atoms. The zero-order valence-electron chi connectivity index (χ0n) is 15.7. The van der Waals surface area contributed by atoms with Crippen LogP contribution in [0.4, 0.5) is 0 Å². The molecule has 1 aliphatic rings. The predicted octanol–water partition coefficient (Wildman–Crippen LogP) is 5.99. The lowest BCUT2D eigenvalue weighted by atomic mass is 10.0. The van der Waals surface area contributed by atoms with Crippen LogP contribution in [0, 0.1) is 0 Å². The Morgan fingerprint density at radius 1 is 1.07 bits per heavy atom. The number of aromatic amines is 1. The number of fused-ring (bicyclic) bond motifs is 4. The lowest BCUT2D eigenvalue weighted by molar-refractivity contribution is 0.102. The van der Waals surface area contributed by atoms with Crippen molar-refractivity contribution in [3.63, 3.8) is 0 Å². The van der Waals surface area contributed by atoms with Crippen LogP contribution in [0.3, 0.4) is 0 Å². The fraction of sp³-hybridized carbons (Fsp3) is 0.125. The number of para-hydroxylation sites is 1. The highest BCUT2D eigenvalue weighted by molar-refractivity contribution is 6.07. The minimum absolute atomic E-state index is 0.176. The van der Waals surface area contributed by atoms with Gasteiger partial charge in [-0.05, 0) is 73.9 Å². The molecule has 5 rings (SSSR count). The minimum atomic E-state index is -0.353. The van der Waals surface area contributed by atoms with Crippen molar-refractivity contribution >= 4 is 39.8 Å². The van der Waals surface area contributed by atoms with E-state index in [1.54, 1.807) is 12.1 Å². The third-order valence-electron chi connectivity index (χ3n) is 4.92. The molecule has 0 spiro atoms. The number of benzene rings is 2. The number of ether oxygens (including phenoxy) is 1. The van der Waals surface area contributed by atoms with Crippen molar-refractivity contribution in [2.45, 2.75) is 19.4 Å². The maximum Gasteiger partial charge on any atom is 0.221 e. The molecule has 0 amide bonds. The number of rotatable bonds is 3. The predicted molar refractivity (Wildman–Crippen MR) is 112 cm³/mol. The van der Waals surface area contributed by atoms with E-state index in [4.69, 9.17) is 9.15 Å². The largest absolute Gasteiger partial charge is 0.483 e. The first kappa shape index (κ1) is 16.6. The molecule has 4 aromatic rings. The molecule has 1 N–H and O–H groups in total. The Kier molecular flexibility index (Phi) is 3.56. The Bertz CT molecular complexity index is 1250. The molecule has 3 heterocycles. The molecule has 2 aromatic carbocycles. The van der Waals surface area contributed by atoms with Gasteiger partial charge >= 0.3 is 0 Å². The van der Waals surface area contributed by atoms with Crippen LogP contribution >= 0.6 is 0 Å². The third-order valence-corrected chi connectivity index (χ3v) is 4.92. The van der Waals surface area contributed by atoms with Gasteiger partial charge < -0.3 is 14.1 Å². The van der Waals surface area contributed by atoms with E-state index in [-0.39, 0.29) is 11.4 Å². The van der Waals surface area contributed by atoms with Crippen molar-refractivity contribution in [2.24, 2.45) is 0 Å². The molecular weight excluding hydrogens is 350 g/mol. The van der Waals surface area contributed by atoms with Gasteiger partial charge in [-0.25, -0.2) is 0 Å². The summed E-state index contributed by atoms with van der Waals surface area (Å²) in [5, 5.41) is 1.99. The van der Waals surface area contributed by atoms with E-state index < -0.39 is 0 Å². The number of carbonyl (C=O) groups excluding carboxylic acids is 1. The summed E-state index contributed by atoms with van der Waals surface area (Å²) in [6.45, 7) is 4.01. The highest BCUT2D eigenvalue weighted by atomic mass is 16.5. The fourth-order valence-corrected chi connectivity index (χ4v) is 3.51. The lowest BCUT2D eigenvalue weighted by Gasteiger charge is -2.27. The van der Waals surface area contributed by atoms with Crippen molar-refractivity contribution < 1.29 is 13.9 Å². The average molecular weight is 369 g/mol. The standard InChI is InChI=1S/C24H19NO3/c1-24(2)12-11-18-21(28-24)10-7-16-14-22(27-23(16)18)20(26)9-8-17-13-15-5-3-4-6-19(15)25-17/h3-14,25H,1-2H3/b9-8+. The van der Waals surface area contributed by atoms with Crippen molar-refractivity contribution in [2.75, 3.05) is 0 Å². The molecule has 1 aliphatic heterocycles. The van der Waals surface area contributed by atoms with Crippen molar-refractivity contribution in [3.8, 4) is 5.75 Å². The van der Waals surface area contributed by atoms with Gasteiger partial charge in [0, 0.05) is 16.6 Å². The smallest absolute Gasteiger partial charge is 0.221 e. The molecule has 0 fully saturated rings. The zero-order valence-corrected chi connectivity index (χ0v) is 15.7. The first-order valence-corrected chi connectivity index (χ1v) is 9.23. The number of allylic oxidation sites excluding steroid dienone is 1. The quantitative estimate of drug-likeness (QED) is 0.356. The van der Waals surface area contributed by atoms with Crippen molar-refractivity contribution in [3.05, 3.63) is 77.7 Å². The number of hydrogen-bond donors (Lipinski definition) is 1. The summed E-state index contributed by atoms with van der Waals surface area (Å²) in [6.07, 6.45) is 7.30. The number of H-pyrrole nitrogens is 1. The highest BCUT2D eigenvalue weighted by Crippen LogP contribution is 2.37. The van der Waals surface area contributed by atoms with E-state index in [0.29, 0.717) is 11.3 Å². The molecule has 0 radical (unpaired) electrons. The van der Waals surface area contributed by atoms with Gasteiger partial charge in [-0.1, -0.05) is 18.2 Å². The zero-order chi connectivity index (χ0) is 19.3. The summed E-state index contributed by atoms with van der Waals surface area (Å²) >= 11 is 0. The minimum Gasteiger partial charge on any atom is -0.483 e. The fourth-order valence-electron chi connectivity index (χ4n) is 3.51. The van der Waals surface area contributed by atoms with Crippen LogP contribution < -0.4 is 4.74 Å². The van der Waals surface area contributed by atoms with E-state index >= 15 is 0 Å². The number of aromatic nitrogens is 1. The van der Waals surface area contributed by atoms with E-state index in [9.17, 15) is 4.79 Å². The molecule has 4 nitrogen and oxygen atoms in total. The monoisotopic (exact) mass is 369 g/mol. The van der Waals surface area contributed by atoms with E-state index in [2.05, 4.69) is 4.98 Å². The Morgan fingerprint density at radius 2 is 1.93 bits per heavy atom. The molecular formula is C24H19NO3. The van der Waals surface area contributed by atoms with Gasteiger partial charge in [0.05, 0.1) is 5.56 Å². The summed E-state index contributed by atoms with van der Waals surface area (Å²) in [4.78, 5) is 15.9. The number of furan rings is 1. The Hall–Kier alpha value is -3.53. The molecule has 0 aliphatic carbocycles. The van der Waals surface area contributed by atoms with Crippen LogP contribution in [-0.4, -0.2) is 16.4 Å². The van der Waals surface area contributed by atoms with Gasteiger partial charge in [0.2, 0.25) is 5.78 Å². The second-order valence-electron chi connectivity index (χ2n) is 7.55. The Morgan fingerprint density at radius 3 is 2.79 bits per heavy atom. The second-order valence-corrected chi connectivity index (χ2v) is 7.55. The summed E-state index contributed by atoms with van der Waals surface area (Å²) < 4.78 is 11.9. The summed E-state index contributed by atoms with van der Waals surface area (Å²) in [5.41, 5.74) is 3.11. The van der Waals surface area contributed by atoms with Crippen LogP contribution in [0.2, 0.25) is 0 Å². The molecule has 0 atom stereocenters. The molecule has 2 aromatic heterocycles.